The zero-order valence-corrected chi connectivity index (χ0v) is 20.0. The van der Waals surface area contributed by atoms with E-state index < -0.39 is 17.8 Å². The lowest BCUT2D eigenvalue weighted by Crippen LogP contribution is -2.18. The number of esters is 2. The summed E-state index contributed by atoms with van der Waals surface area (Å²) in [6.07, 6.45) is 0. The molecule has 0 bridgehead atoms. The largest absolute Gasteiger partial charge is 0.496 e. The fraction of sp³-hybridized carbons (Fsp3) is 0.261. The highest BCUT2D eigenvalue weighted by Crippen LogP contribution is 2.31. The van der Waals surface area contributed by atoms with E-state index in [0.717, 1.165) is 5.56 Å². The van der Waals surface area contributed by atoms with Crippen LogP contribution in [0.5, 0.6) is 5.75 Å². The second kappa shape index (κ2) is 11.3. The third-order valence-electron chi connectivity index (χ3n) is 4.83. The van der Waals surface area contributed by atoms with Crippen molar-refractivity contribution in [3.8, 4) is 17.1 Å². The molecule has 0 atom stereocenters. The van der Waals surface area contributed by atoms with E-state index >= 15 is 0 Å². The number of hydrogen-bond donors (Lipinski definition) is 1. The summed E-state index contributed by atoms with van der Waals surface area (Å²) in [6.45, 7) is 2.53. The number of ether oxygens (including phenoxy) is 3. The van der Waals surface area contributed by atoms with Crippen molar-refractivity contribution in [2.24, 2.45) is 0 Å². The van der Waals surface area contributed by atoms with Crippen LogP contribution in [-0.2, 0) is 20.8 Å². The number of carbonyl (C=O) groups excluding carboxylic acids is 3. The molecule has 0 saturated carbocycles. The van der Waals surface area contributed by atoms with Crippen molar-refractivity contribution in [3.63, 3.8) is 0 Å². The van der Waals surface area contributed by atoms with E-state index in [9.17, 15) is 14.4 Å². The first kappa shape index (κ1) is 24.8. The van der Waals surface area contributed by atoms with E-state index in [1.807, 2.05) is 35.8 Å². The van der Waals surface area contributed by atoms with Crippen LogP contribution in [0.15, 0.2) is 47.6 Å². The third kappa shape index (κ3) is 5.37. The Morgan fingerprint density at radius 2 is 1.74 bits per heavy atom. The molecule has 10 nitrogen and oxygen atoms in total. The Labute approximate surface area is 200 Å². The molecule has 178 valence electrons. The quantitative estimate of drug-likeness (QED) is 0.360. The lowest BCUT2D eigenvalue weighted by atomic mass is 10.1. The summed E-state index contributed by atoms with van der Waals surface area (Å²) < 4.78 is 16.8. The number of aromatic nitrogens is 3. The van der Waals surface area contributed by atoms with E-state index in [1.165, 1.54) is 44.2 Å². The molecule has 0 aliphatic heterocycles. The predicted molar refractivity (Wildman–Crippen MR) is 126 cm³/mol. The Kier molecular flexibility index (Phi) is 8.25. The minimum Gasteiger partial charge on any atom is -0.496 e. The second-order valence-corrected chi connectivity index (χ2v) is 7.77. The number of para-hydroxylation sites is 1. The molecule has 0 aliphatic rings. The number of amides is 1. The lowest BCUT2D eigenvalue weighted by Gasteiger charge is -2.12. The molecule has 0 fully saturated rings. The third-order valence-corrected chi connectivity index (χ3v) is 5.80. The van der Waals surface area contributed by atoms with Crippen LogP contribution in [0.3, 0.4) is 0 Å². The van der Waals surface area contributed by atoms with Crippen LogP contribution in [0, 0.1) is 0 Å². The van der Waals surface area contributed by atoms with E-state index in [1.54, 1.807) is 7.11 Å². The van der Waals surface area contributed by atoms with Gasteiger partial charge in [-0.25, -0.2) is 9.59 Å². The first-order valence-corrected chi connectivity index (χ1v) is 11.2. The molecule has 0 saturated heterocycles. The Hall–Kier alpha value is -3.86. The smallest absolute Gasteiger partial charge is 0.339 e. The fourth-order valence-corrected chi connectivity index (χ4v) is 4.01. The molecule has 0 spiro atoms. The van der Waals surface area contributed by atoms with Crippen molar-refractivity contribution in [2.45, 2.75) is 18.6 Å². The van der Waals surface area contributed by atoms with Gasteiger partial charge in [0.25, 0.3) is 0 Å². The number of rotatable bonds is 9. The molecular formula is C23H24N4O6S. The van der Waals surface area contributed by atoms with E-state index in [-0.39, 0.29) is 22.6 Å². The normalized spacial score (nSPS) is 10.5. The number of nitrogens with one attached hydrogen (secondary N) is 1. The van der Waals surface area contributed by atoms with Crippen molar-refractivity contribution >= 4 is 35.3 Å². The SMILES string of the molecule is CCn1c(SCC(=O)Nc2cc(C(=O)OC)ccc2C(=O)OC)nnc1-c1ccccc1OC. The van der Waals surface area contributed by atoms with Crippen LogP contribution >= 0.6 is 11.8 Å². The highest BCUT2D eigenvalue weighted by molar-refractivity contribution is 7.99. The fourth-order valence-electron chi connectivity index (χ4n) is 3.21. The van der Waals surface area contributed by atoms with Crippen molar-refractivity contribution in [3.05, 3.63) is 53.6 Å². The minimum absolute atomic E-state index is 0.00682. The molecule has 0 aliphatic carbocycles. The Balaban J connectivity index is 1.79. The Morgan fingerprint density at radius 3 is 2.41 bits per heavy atom. The first-order valence-electron chi connectivity index (χ1n) is 10.2. The highest BCUT2D eigenvalue weighted by atomic mass is 32.2. The highest BCUT2D eigenvalue weighted by Gasteiger charge is 2.20. The summed E-state index contributed by atoms with van der Waals surface area (Å²) in [5.74, 6) is -0.358. The molecule has 1 N–H and O–H groups in total. The molecule has 2 aromatic carbocycles. The number of hydrogen-bond acceptors (Lipinski definition) is 9. The average Bonchev–Trinajstić information content (AvgIpc) is 3.29. The molecule has 0 unspecified atom stereocenters. The van der Waals surface area contributed by atoms with Crippen molar-refractivity contribution in [2.75, 3.05) is 32.4 Å². The van der Waals surface area contributed by atoms with Gasteiger partial charge in [0, 0.05) is 6.54 Å². The number of anilines is 1. The standard InChI is InChI=1S/C23H24N4O6S/c1-5-27-20(16-8-6-7-9-18(16)31-2)25-26-23(27)34-13-19(28)24-17-12-14(21(29)32-3)10-11-15(17)22(30)33-4/h6-12H,5,13H2,1-4H3,(H,24,28). The van der Waals surface area contributed by atoms with E-state index in [4.69, 9.17) is 14.2 Å². The van der Waals surface area contributed by atoms with Gasteiger partial charge in [0.1, 0.15) is 5.75 Å². The van der Waals surface area contributed by atoms with Gasteiger partial charge in [0.15, 0.2) is 11.0 Å². The number of methoxy groups -OCH3 is 3. The minimum atomic E-state index is -0.647. The van der Waals surface area contributed by atoms with Crippen LogP contribution in [-0.4, -0.2) is 59.7 Å². The maximum atomic E-state index is 12.7. The molecule has 1 aromatic heterocycles. The molecule has 34 heavy (non-hydrogen) atoms. The number of benzene rings is 2. The Bertz CT molecular complexity index is 1210. The zero-order valence-electron chi connectivity index (χ0n) is 19.2. The van der Waals surface area contributed by atoms with Crippen molar-refractivity contribution < 1.29 is 28.6 Å². The van der Waals surface area contributed by atoms with Crippen LogP contribution in [0.1, 0.15) is 27.6 Å². The summed E-state index contributed by atoms with van der Waals surface area (Å²) in [6, 6.07) is 11.7. The van der Waals surface area contributed by atoms with Gasteiger partial charge in [0.05, 0.1) is 49.5 Å². The van der Waals surface area contributed by atoms with E-state index in [0.29, 0.717) is 23.3 Å². The molecule has 3 aromatic rings. The second-order valence-electron chi connectivity index (χ2n) is 6.83. The van der Waals surface area contributed by atoms with Gasteiger partial charge in [-0.05, 0) is 37.3 Å². The summed E-state index contributed by atoms with van der Waals surface area (Å²) in [5, 5.41) is 11.7. The summed E-state index contributed by atoms with van der Waals surface area (Å²) >= 11 is 1.19. The zero-order chi connectivity index (χ0) is 24.7. The molecule has 11 heteroatoms. The number of nitrogens with zero attached hydrogens (tertiary/aromatic N) is 3. The number of carbonyl (C=O) groups is 3. The van der Waals surface area contributed by atoms with Gasteiger partial charge in [0.2, 0.25) is 5.91 Å². The number of thioether (sulfide) groups is 1. The van der Waals surface area contributed by atoms with Crippen LogP contribution < -0.4 is 10.1 Å². The van der Waals surface area contributed by atoms with Gasteiger partial charge >= 0.3 is 11.9 Å². The van der Waals surface area contributed by atoms with Crippen molar-refractivity contribution in [1.82, 2.24) is 14.8 Å². The molecule has 0 radical (unpaired) electrons. The monoisotopic (exact) mass is 484 g/mol. The van der Waals surface area contributed by atoms with Gasteiger partial charge < -0.3 is 24.1 Å². The topological polar surface area (TPSA) is 122 Å². The van der Waals surface area contributed by atoms with Crippen LogP contribution in [0.25, 0.3) is 11.4 Å². The summed E-state index contributed by atoms with van der Waals surface area (Å²) in [4.78, 5) is 36.7. The van der Waals surface area contributed by atoms with Gasteiger partial charge in [-0.2, -0.15) is 0 Å². The molecule has 1 amide bonds. The molecular weight excluding hydrogens is 460 g/mol. The van der Waals surface area contributed by atoms with Crippen LogP contribution in [0.2, 0.25) is 0 Å². The van der Waals surface area contributed by atoms with Gasteiger partial charge in [-0.15, -0.1) is 10.2 Å². The molecule has 1 heterocycles. The first-order chi connectivity index (χ1) is 16.4. The predicted octanol–water partition coefficient (Wildman–Crippen LogP) is 3.28. The van der Waals surface area contributed by atoms with E-state index in [2.05, 4.69) is 15.5 Å². The Morgan fingerprint density at radius 1 is 1.00 bits per heavy atom. The summed E-state index contributed by atoms with van der Waals surface area (Å²) in [5.41, 5.74) is 1.24. The van der Waals surface area contributed by atoms with Crippen LogP contribution in [0.4, 0.5) is 5.69 Å². The maximum absolute atomic E-state index is 12.7. The average molecular weight is 485 g/mol. The van der Waals surface area contributed by atoms with Crippen molar-refractivity contribution in [1.29, 1.82) is 0 Å². The van der Waals surface area contributed by atoms with Gasteiger partial charge in [-0.1, -0.05) is 23.9 Å². The maximum Gasteiger partial charge on any atom is 0.339 e. The van der Waals surface area contributed by atoms with Gasteiger partial charge in [-0.3, -0.25) is 4.79 Å². The summed E-state index contributed by atoms with van der Waals surface area (Å²) in [7, 11) is 4.06. The lowest BCUT2D eigenvalue weighted by molar-refractivity contribution is -0.113. The molecule has 3 rings (SSSR count).